The van der Waals surface area contributed by atoms with Crippen LogP contribution in [-0.2, 0) is 4.79 Å². The first-order valence-electron chi connectivity index (χ1n) is 5.47. The summed E-state index contributed by atoms with van der Waals surface area (Å²) in [6.07, 6.45) is 2.61. The van der Waals surface area contributed by atoms with E-state index >= 15 is 0 Å². The van der Waals surface area contributed by atoms with Gasteiger partial charge in [-0.3, -0.25) is 4.79 Å². The predicted molar refractivity (Wildman–Crippen MR) is 77.6 cm³/mol. The van der Waals surface area contributed by atoms with Gasteiger partial charge in [-0.2, -0.15) is 11.8 Å². The maximum Gasteiger partial charge on any atom is 0.241 e. The molecule has 0 saturated carbocycles. The molecule has 0 aliphatic heterocycles. The molecule has 1 amide bonds. The van der Waals surface area contributed by atoms with E-state index in [4.69, 9.17) is 22.1 Å². The topological polar surface area (TPSA) is 64.3 Å². The summed E-state index contributed by atoms with van der Waals surface area (Å²) in [7, 11) is 1.53. The minimum absolute atomic E-state index is 0.232. The quantitative estimate of drug-likeness (QED) is 0.843. The van der Waals surface area contributed by atoms with Gasteiger partial charge in [0.05, 0.1) is 18.8 Å². The standard InChI is InChI=1S/C12H17ClN2O2S/c1-17-11-4-3-8(13)7-10(11)15-12(16)9(14)5-6-18-2/h3-4,7,9H,5-6,14H2,1-2H3,(H,15,16)/t9-/m0/s1. The number of anilines is 1. The highest BCUT2D eigenvalue weighted by atomic mass is 35.5. The van der Waals surface area contributed by atoms with E-state index in [1.54, 1.807) is 30.0 Å². The fourth-order valence-electron chi connectivity index (χ4n) is 1.38. The molecular formula is C12H17ClN2O2S. The van der Waals surface area contributed by atoms with Crippen LogP contribution in [-0.4, -0.2) is 31.1 Å². The highest BCUT2D eigenvalue weighted by molar-refractivity contribution is 7.98. The molecule has 0 aliphatic carbocycles. The van der Waals surface area contributed by atoms with E-state index in [2.05, 4.69) is 5.32 Å². The summed E-state index contributed by atoms with van der Waals surface area (Å²) in [5, 5.41) is 3.26. The first-order chi connectivity index (χ1) is 8.58. The van der Waals surface area contributed by atoms with Gasteiger partial charge in [0, 0.05) is 5.02 Å². The lowest BCUT2D eigenvalue weighted by molar-refractivity contribution is -0.117. The lowest BCUT2D eigenvalue weighted by Crippen LogP contribution is -2.36. The lowest BCUT2D eigenvalue weighted by Gasteiger charge is -2.14. The lowest BCUT2D eigenvalue weighted by atomic mass is 10.2. The minimum atomic E-state index is -0.527. The van der Waals surface area contributed by atoms with E-state index in [1.165, 1.54) is 7.11 Å². The monoisotopic (exact) mass is 288 g/mol. The van der Waals surface area contributed by atoms with E-state index in [9.17, 15) is 4.79 Å². The number of rotatable bonds is 6. The number of nitrogens with one attached hydrogen (secondary N) is 1. The summed E-state index contributed by atoms with van der Waals surface area (Å²) in [6, 6.07) is 4.51. The zero-order valence-corrected chi connectivity index (χ0v) is 12.0. The Labute approximate surface area is 116 Å². The third kappa shape index (κ3) is 4.40. The molecule has 4 nitrogen and oxygen atoms in total. The van der Waals surface area contributed by atoms with Gasteiger partial charge >= 0.3 is 0 Å². The van der Waals surface area contributed by atoms with E-state index < -0.39 is 6.04 Å². The van der Waals surface area contributed by atoms with Crippen molar-refractivity contribution in [3.63, 3.8) is 0 Å². The molecule has 1 rings (SSSR count). The Morgan fingerprint density at radius 2 is 2.33 bits per heavy atom. The van der Waals surface area contributed by atoms with Crippen molar-refractivity contribution < 1.29 is 9.53 Å². The first-order valence-corrected chi connectivity index (χ1v) is 7.24. The molecule has 0 fully saturated rings. The van der Waals surface area contributed by atoms with Gasteiger partial charge in [0.2, 0.25) is 5.91 Å². The second kappa shape index (κ2) is 7.51. The highest BCUT2D eigenvalue weighted by Crippen LogP contribution is 2.27. The zero-order valence-electron chi connectivity index (χ0n) is 10.4. The number of amides is 1. The predicted octanol–water partition coefficient (Wildman–Crippen LogP) is 2.37. The second-order valence-corrected chi connectivity index (χ2v) is 5.14. The summed E-state index contributed by atoms with van der Waals surface area (Å²) >= 11 is 7.54. The number of ether oxygens (including phenoxy) is 1. The van der Waals surface area contributed by atoms with Crippen molar-refractivity contribution in [1.29, 1.82) is 0 Å². The van der Waals surface area contributed by atoms with Crippen molar-refractivity contribution in [3.05, 3.63) is 23.2 Å². The molecule has 1 aromatic rings. The smallest absolute Gasteiger partial charge is 0.241 e. The van der Waals surface area contributed by atoms with E-state index in [0.29, 0.717) is 22.9 Å². The fraction of sp³-hybridized carbons (Fsp3) is 0.417. The largest absolute Gasteiger partial charge is 0.495 e. The maximum atomic E-state index is 11.9. The van der Waals surface area contributed by atoms with Crippen molar-refractivity contribution in [2.24, 2.45) is 5.73 Å². The molecule has 3 N–H and O–H groups in total. The Morgan fingerprint density at radius 3 is 2.94 bits per heavy atom. The number of carbonyl (C=O) groups is 1. The molecule has 1 aromatic carbocycles. The number of nitrogens with two attached hydrogens (primary N) is 1. The van der Waals surface area contributed by atoms with Gasteiger partial charge in [0.25, 0.3) is 0 Å². The summed E-state index contributed by atoms with van der Waals surface area (Å²) in [4.78, 5) is 11.9. The number of benzene rings is 1. The summed E-state index contributed by atoms with van der Waals surface area (Å²) < 4.78 is 5.14. The second-order valence-electron chi connectivity index (χ2n) is 3.72. The van der Waals surface area contributed by atoms with Crippen LogP contribution in [0.2, 0.25) is 5.02 Å². The average molecular weight is 289 g/mol. The molecule has 0 unspecified atom stereocenters. The maximum absolute atomic E-state index is 11.9. The SMILES string of the molecule is COc1ccc(Cl)cc1NC(=O)[C@@H](N)CCSC. The third-order valence-electron chi connectivity index (χ3n) is 2.39. The van der Waals surface area contributed by atoms with Crippen LogP contribution in [0.5, 0.6) is 5.75 Å². The van der Waals surface area contributed by atoms with Crippen molar-refractivity contribution in [1.82, 2.24) is 0 Å². The van der Waals surface area contributed by atoms with Crippen LogP contribution >= 0.6 is 23.4 Å². The fourth-order valence-corrected chi connectivity index (χ4v) is 2.04. The summed E-state index contributed by atoms with van der Waals surface area (Å²) in [5.74, 6) is 1.18. The summed E-state index contributed by atoms with van der Waals surface area (Å²) in [6.45, 7) is 0. The minimum Gasteiger partial charge on any atom is -0.495 e. The molecule has 0 saturated heterocycles. The van der Waals surface area contributed by atoms with Crippen LogP contribution in [0.25, 0.3) is 0 Å². The van der Waals surface area contributed by atoms with Crippen LogP contribution in [0, 0.1) is 0 Å². The van der Waals surface area contributed by atoms with Crippen molar-refractivity contribution >= 4 is 35.0 Å². The normalized spacial score (nSPS) is 12.0. The van der Waals surface area contributed by atoms with E-state index in [-0.39, 0.29) is 5.91 Å². The molecule has 18 heavy (non-hydrogen) atoms. The van der Waals surface area contributed by atoms with E-state index in [0.717, 1.165) is 5.75 Å². The molecule has 0 bridgehead atoms. The molecule has 0 aromatic heterocycles. The first kappa shape index (κ1) is 15.1. The average Bonchev–Trinajstić information content (AvgIpc) is 2.36. The van der Waals surface area contributed by atoms with Crippen molar-refractivity contribution in [2.45, 2.75) is 12.5 Å². The number of hydrogen-bond acceptors (Lipinski definition) is 4. The molecular weight excluding hydrogens is 272 g/mol. The van der Waals surface area contributed by atoms with Crippen LogP contribution in [0.1, 0.15) is 6.42 Å². The molecule has 0 radical (unpaired) electrons. The van der Waals surface area contributed by atoms with Gasteiger partial charge in [-0.15, -0.1) is 0 Å². The molecule has 100 valence electrons. The number of hydrogen-bond donors (Lipinski definition) is 2. The molecule has 0 heterocycles. The Bertz CT molecular complexity index is 415. The Balaban J connectivity index is 2.71. The number of halogens is 1. The van der Waals surface area contributed by atoms with E-state index in [1.807, 2.05) is 6.26 Å². The highest BCUT2D eigenvalue weighted by Gasteiger charge is 2.15. The Hall–Kier alpha value is -0.910. The molecule has 0 spiro atoms. The number of carbonyl (C=O) groups excluding carboxylic acids is 1. The third-order valence-corrected chi connectivity index (χ3v) is 3.27. The number of methoxy groups -OCH3 is 1. The van der Waals surface area contributed by atoms with Crippen molar-refractivity contribution in [2.75, 3.05) is 24.4 Å². The molecule has 1 atom stereocenters. The van der Waals surface area contributed by atoms with Gasteiger partial charge in [0.1, 0.15) is 5.75 Å². The van der Waals surface area contributed by atoms with Gasteiger partial charge < -0.3 is 15.8 Å². The van der Waals surface area contributed by atoms with Gasteiger partial charge in [-0.1, -0.05) is 11.6 Å². The van der Waals surface area contributed by atoms with Gasteiger partial charge in [-0.25, -0.2) is 0 Å². The Kier molecular flexibility index (Phi) is 6.32. The van der Waals surface area contributed by atoms with Crippen molar-refractivity contribution in [3.8, 4) is 5.75 Å². The zero-order chi connectivity index (χ0) is 13.5. The van der Waals surface area contributed by atoms with Gasteiger partial charge in [0.15, 0.2) is 0 Å². The molecule has 0 aliphatic rings. The summed E-state index contributed by atoms with van der Waals surface area (Å²) in [5.41, 5.74) is 6.32. The Morgan fingerprint density at radius 1 is 1.61 bits per heavy atom. The molecule has 6 heteroatoms. The van der Waals surface area contributed by atoms with Gasteiger partial charge in [-0.05, 0) is 36.6 Å². The van der Waals surface area contributed by atoms with Crippen LogP contribution in [0.4, 0.5) is 5.69 Å². The van der Waals surface area contributed by atoms with Crippen LogP contribution in [0.15, 0.2) is 18.2 Å². The van der Waals surface area contributed by atoms with Crippen LogP contribution < -0.4 is 15.8 Å². The number of thioether (sulfide) groups is 1. The van der Waals surface area contributed by atoms with Crippen LogP contribution in [0.3, 0.4) is 0 Å².